The van der Waals surface area contributed by atoms with Gasteiger partial charge in [0.25, 0.3) is 5.91 Å². The van der Waals surface area contributed by atoms with Crippen LogP contribution in [0.4, 0.5) is 10.1 Å². The Kier molecular flexibility index (Phi) is 5.95. The summed E-state index contributed by atoms with van der Waals surface area (Å²) in [5.74, 6) is 0.676. The Morgan fingerprint density at radius 2 is 1.75 bits per heavy atom. The number of unbranched alkanes of at least 4 members (excludes halogenated alkanes) is 1. The van der Waals surface area contributed by atoms with Crippen LogP contribution in [-0.2, 0) is 6.54 Å². The minimum Gasteiger partial charge on any atom is -0.494 e. The molecule has 0 bridgehead atoms. The smallest absolute Gasteiger partial charge is 0.251 e. The summed E-state index contributed by atoms with van der Waals surface area (Å²) in [6.45, 7) is 6.26. The number of piperazine rings is 1. The highest BCUT2D eigenvalue weighted by Crippen LogP contribution is 2.29. The van der Waals surface area contributed by atoms with Gasteiger partial charge >= 0.3 is 0 Å². The number of rotatable bonds is 7. The summed E-state index contributed by atoms with van der Waals surface area (Å²) in [5.41, 5.74) is 2.89. The van der Waals surface area contributed by atoms with Crippen molar-refractivity contribution in [2.75, 3.05) is 44.2 Å². The largest absolute Gasteiger partial charge is 0.494 e. The van der Waals surface area contributed by atoms with Gasteiger partial charge in [0, 0.05) is 54.7 Å². The zero-order chi connectivity index (χ0) is 21.9. The molecule has 2 aliphatic heterocycles. The van der Waals surface area contributed by atoms with Crippen LogP contribution < -0.4 is 15.0 Å². The second-order valence-electron chi connectivity index (χ2n) is 8.50. The lowest BCUT2D eigenvalue weighted by molar-refractivity contribution is 0.0965. The number of nitrogens with one attached hydrogen (secondary N) is 1. The van der Waals surface area contributed by atoms with Gasteiger partial charge in [-0.05, 0) is 55.3 Å². The van der Waals surface area contributed by atoms with Crippen molar-refractivity contribution in [1.29, 1.82) is 0 Å². The highest BCUT2D eigenvalue weighted by molar-refractivity contribution is 5.98. The normalized spacial score (nSPS) is 16.3. The maximum Gasteiger partial charge on any atom is 0.251 e. The number of nitrogens with zero attached hydrogens (tertiary/aromatic N) is 2. The van der Waals surface area contributed by atoms with Gasteiger partial charge < -0.3 is 15.0 Å². The molecule has 32 heavy (non-hydrogen) atoms. The van der Waals surface area contributed by atoms with Gasteiger partial charge in [0.1, 0.15) is 11.6 Å². The first-order valence-electron chi connectivity index (χ1n) is 11.4. The van der Waals surface area contributed by atoms with Gasteiger partial charge in [-0.1, -0.05) is 24.3 Å². The van der Waals surface area contributed by atoms with E-state index < -0.39 is 0 Å². The number of ether oxygens (including phenoxy) is 1. The molecular weight excluding hydrogens is 405 g/mol. The van der Waals surface area contributed by atoms with Crippen LogP contribution >= 0.6 is 0 Å². The van der Waals surface area contributed by atoms with Crippen LogP contribution in [0.1, 0.15) is 28.8 Å². The number of hydrogen-bond donors (Lipinski definition) is 1. The number of hydrogen-bond acceptors (Lipinski definition) is 4. The molecule has 2 heterocycles. The van der Waals surface area contributed by atoms with E-state index in [1.165, 1.54) is 6.07 Å². The van der Waals surface area contributed by atoms with Crippen LogP contribution in [0.25, 0.3) is 10.8 Å². The molecule has 0 aromatic heterocycles. The number of anilines is 1. The third kappa shape index (κ3) is 4.28. The molecule has 0 spiro atoms. The number of amides is 1. The Labute approximate surface area is 187 Å². The van der Waals surface area contributed by atoms with Crippen LogP contribution in [0, 0.1) is 5.82 Å². The van der Waals surface area contributed by atoms with Gasteiger partial charge in [-0.2, -0.15) is 0 Å². The van der Waals surface area contributed by atoms with Crippen molar-refractivity contribution in [2.45, 2.75) is 19.4 Å². The highest BCUT2D eigenvalue weighted by Gasteiger charge is 2.20. The first-order chi connectivity index (χ1) is 15.7. The van der Waals surface area contributed by atoms with Gasteiger partial charge in [-0.25, -0.2) is 4.39 Å². The SMILES string of the molecule is O=C1NCc2cc(OCCCCN3CCN(c4cccc5c(F)cccc45)CC3)ccc21. The molecule has 3 aromatic rings. The second-order valence-corrected chi connectivity index (χ2v) is 8.50. The van der Waals surface area contributed by atoms with Gasteiger partial charge in [0.05, 0.1) is 6.61 Å². The molecule has 3 aromatic carbocycles. The molecule has 0 unspecified atom stereocenters. The Hall–Kier alpha value is -3.12. The lowest BCUT2D eigenvalue weighted by Gasteiger charge is -2.36. The third-order valence-electron chi connectivity index (χ3n) is 6.46. The summed E-state index contributed by atoms with van der Waals surface area (Å²) in [6.07, 6.45) is 2.08. The summed E-state index contributed by atoms with van der Waals surface area (Å²) < 4.78 is 20.0. The fraction of sp³-hybridized carbons (Fsp3) is 0.346. The van der Waals surface area contributed by atoms with E-state index in [0.717, 1.165) is 73.5 Å². The molecule has 5 rings (SSSR count). The maximum atomic E-state index is 14.1. The van der Waals surface area contributed by atoms with Crippen molar-refractivity contribution in [2.24, 2.45) is 0 Å². The van der Waals surface area contributed by atoms with Crippen molar-refractivity contribution >= 4 is 22.4 Å². The van der Waals surface area contributed by atoms with Gasteiger partial charge in [0.2, 0.25) is 0 Å². The Balaban J connectivity index is 1.06. The van der Waals surface area contributed by atoms with Gasteiger partial charge in [0.15, 0.2) is 0 Å². The van der Waals surface area contributed by atoms with E-state index in [2.05, 4.69) is 21.2 Å². The minimum atomic E-state index is -0.157. The summed E-state index contributed by atoms with van der Waals surface area (Å²) in [5, 5.41) is 4.51. The van der Waals surface area contributed by atoms with Gasteiger partial charge in [-0.3, -0.25) is 9.69 Å². The van der Waals surface area contributed by atoms with Crippen molar-refractivity contribution < 1.29 is 13.9 Å². The fourth-order valence-electron chi connectivity index (χ4n) is 4.67. The van der Waals surface area contributed by atoms with Crippen molar-refractivity contribution in [1.82, 2.24) is 10.2 Å². The van der Waals surface area contributed by atoms with Crippen molar-refractivity contribution in [3.8, 4) is 5.75 Å². The summed E-state index contributed by atoms with van der Waals surface area (Å²) >= 11 is 0. The molecule has 166 valence electrons. The zero-order valence-electron chi connectivity index (χ0n) is 18.1. The fourth-order valence-corrected chi connectivity index (χ4v) is 4.67. The van der Waals surface area contributed by atoms with E-state index in [-0.39, 0.29) is 11.7 Å². The Bertz CT molecular complexity index is 1130. The Morgan fingerprint density at radius 1 is 0.938 bits per heavy atom. The molecule has 1 fully saturated rings. The number of halogens is 1. The number of carbonyl (C=O) groups excluding carboxylic acids is 1. The minimum absolute atomic E-state index is 0.000683. The topological polar surface area (TPSA) is 44.8 Å². The number of benzene rings is 3. The van der Waals surface area contributed by atoms with Crippen molar-refractivity contribution in [3.63, 3.8) is 0 Å². The van der Waals surface area contributed by atoms with E-state index in [1.807, 2.05) is 36.4 Å². The standard InChI is InChI=1S/C26H28FN3O2/c27-24-7-3-6-23-22(24)5-4-8-25(23)30-14-12-29(13-15-30)11-1-2-16-32-20-9-10-21-19(17-20)18-28-26(21)31/h3-10,17H,1-2,11-16,18H2,(H,28,31). The van der Waals surface area contributed by atoms with Gasteiger partial charge in [-0.15, -0.1) is 0 Å². The molecule has 1 amide bonds. The molecule has 0 atom stereocenters. The molecule has 0 saturated carbocycles. The monoisotopic (exact) mass is 433 g/mol. The van der Waals surface area contributed by atoms with E-state index >= 15 is 0 Å². The summed E-state index contributed by atoms with van der Waals surface area (Å²) in [7, 11) is 0. The van der Waals surface area contributed by atoms with Crippen LogP contribution in [0.2, 0.25) is 0 Å². The maximum absolute atomic E-state index is 14.1. The predicted molar refractivity (Wildman–Crippen MR) is 125 cm³/mol. The highest BCUT2D eigenvalue weighted by atomic mass is 19.1. The molecular formula is C26H28FN3O2. The molecule has 0 aliphatic carbocycles. The second kappa shape index (κ2) is 9.17. The zero-order valence-corrected chi connectivity index (χ0v) is 18.1. The Morgan fingerprint density at radius 3 is 2.62 bits per heavy atom. The lowest BCUT2D eigenvalue weighted by atomic mass is 10.1. The number of carbonyl (C=O) groups is 1. The van der Waals surface area contributed by atoms with Crippen LogP contribution in [0.15, 0.2) is 54.6 Å². The van der Waals surface area contributed by atoms with Crippen LogP contribution in [0.3, 0.4) is 0 Å². The van der Waals surface area contributed by atoms with Crippen LogP contribution in [-0.4, -0.2) is 50.1 Å². The molecule has 6 heteroatoms. The predicted octanol–water partition coefficient (Wildman–Crippen LogP) is 4.20. The van der Waals surface area contributed by atoms with E-state index in [9.17, 15) is 9.18 Å². The van der Waals surface area contributed by atoms with E-state index in [0.29, 0.717) is 18.5 Å². The number of fused-ring (bicyclic) bond motifs is 2. The molecule has 2 aliphatic rings. The first kappa shape index (κ1) is 20.8. The summed E-state index contributed by atoms with van der Waals surface area (Å²) in [4.78, 5) is 16.5. The quantitative estimate of drug-likeness (QED) is 0.567. The van der Waals surface area contributed by atoms with E-state index in [1.54, 1.807) is 6.07 Å². The average molecular weight is 434 g/mol. The molecule has 0 radical (unpaired) electrons. The molecule has 5 nitrogen and oxygen atoms in total. The lowest BCUT2D eigenvalue weighted by Crippen LogP contribution is -2.46. The average Bonchev–Trinajstić information content (AvgIpc) is 3.19. The first-order valence-corrected chi connectivity index (χ1v) is 11.4. The summed E-state index contributed by atoms with van der Waals surface area (Å²) in [6, 6.07) is 16.9. The van der Waals surface area contributed by atoms with Crippen molar-refractivity contribution in [3.05, 3.63) is 71.5 Å². The molecule has 1 saturated heterocycles. The molecule has 1 N–H and O–H groups in total. The van der Waals surface area contributed by atoms with E-state index in [4.69, 9.17) is 4.74 Å². The van der Waals surface area contributed by atoms with Crippen LogP contribution in [0.5, 0.6) is 5.75 Å². The third-order valence-corrected chi connectivity index (χ3v) is 6.46.